The number of benzene rings is 2. The molecule has 6 nitrogen and oxygen atoms in total. The SMILES string of the molecule is O=C(O)[C@@H]1CCCN(CC(=O)N2CCc3cc(OCc4cc(-c5ccccc5)c(C(F)(F)F)s4)ccc32)C1. The zero-order valence-corrected chi connectivity index (χ0v) is 21.4. The quantitative estimate of drug-likeness (QED) is 0.413. The van der Waals surface area contributed by atoms with Crippen molar-refractivity contribution in [3.8, 4) is 16.9 Å². The molecule has 5 rings (SSSR count). The highest BCUT2D eigenvalue weighted by molar-refractivity contribution is 7.12. The molecule has 2 aliphatic heterocycles. The highest BCUT2D eigenvalue weighted by atomic mass is 32.1. The van der Waals surface area contributed by atoms with Crippen LogP contribution in [0.4, 0.5) is 18.9 Å². The van der Waals surface area contributed by atoms with Gasteiger partial charge in [-0.1, -0.05) is 30.3 Å². The third-order valence-electron chi connectivity index (χ3n) is 6.97. The largest absolute Gasteiger partial charge is 0.488 e. The number of anilines is 1. The predicted octanol–water partition coefficient (Wildman–Crippen LogP) is 5.70. The van der Waals surface area contributed by atoms with E-state index in [1.807, 2.05) is 11.0 Å². The molecule has 0 spiro atoms. The lowest BCUT2D eigenvalue weighted by atomic mass is 9.98. The van der Waals surface area contributed by atoms with Gasteiger partial charge in [-0.05, 0) is 61.2 Å². The lowest BCUT2D eigenvalue weighted by Gasteiger charge is -2.31. The number of amides is 1. The van der Waals surface area contributed by atoms with E-state index in [1.54, 1.807) is 47.4 Å². The van der Waals surface area contributed by atoms with Gasteiger partial charge in [0.25, 0.3) is 0 Å². The fraction of sp³-hybridized carbons (Fsp3) is 0.357. The number of carbonyl (C=O) groups is 2. The number of carboxylic acids is 1. The second-order valence-corrected chi connectivity index (χ2v) is 10.7. The summed E-state index contributed by atoms with van der Waals surface area (Å²) in [5.74, 6) is -0.812. The minimum Gasteiger partial charge on any atom is -0.488 e. The first-order valence-corrected chi connectivity index (χ1v) is 13.3. The highest BCUT2D eigenvalue weighted by Gasteiger charge is 2.36. The van der Waals surface area contributed by atoms with Crippen LogP contribution in [0.3, 0.4) is 0 Å². The zero-order valence-electron chi connectivity index (χ0n) is 20.5. The Morgan fingerprint density at radius 2 is 1.87 bits per heavy atom. The topological polar surface area (TPSA) is 70.1 Å². The average molecular weight is 545 g/mol. The third kappa shape index (κ3) is 5.71. The number of hydrogen-bond donors (Lipinski definition) is 1. The number of ether oxygens (including phenoxy) is 1. The van der Waals surface area contributed by atoms with Gasteiger partial charge in [-0.2, -0.15) is 13.2 Å². The van der Waals surface area contributed by atoms with Crippen LogP contribution in [-0.2, 0) is 28.8 Å². The molecule has 1 atom stereocenters. The van der Waals surface area contributed by atoms with E-state index in [0.717, 1.165) is 17.7 Å². The number of piperidine rings is 1. The number of likely N-dealkylation sites (tertiary alicyclic amines) is 1. The molecular weight excluding hydrogens is 517 g/mol. The number of aliphatic carboxylic acids is 1. The van der Waals surface area contributed by atoms with Gasteiger partial charge in [0.05, 0.1) is 12.5 Å². The molecule has 3 aromatic rings. The van der Waals surface area contributed by atoms with Crippen LogP contribution < -0.4 is 9.64 Å². The molecule has 1 aromatic heterocycles. The van der Waals surface area contributed by atoms with Crippen LogP contribution >= 0.6 is 11.3 Å². The number of alkyl halides is 3. The molecule has 10 heteroatoms. The van der Waals surface area contributed by atoms with E-state index >= 15 is 0 Å². The van der Waals surface area contributed by atoms with Crippen molar-refractivity contribution in [3.05, 3.63) is 69.9 Å². The summed E-state index contributed by atoms with van der Waals surface area (Å²) < 4.78 is 46.9. The maximum Gasteiger partial charge on any atom is 0.426 e. The molecule has 0 unspecified atom stereocenters. The van der Waals surface area contributed by atoms with Gasteiger partial charge in [0.15, 0.2) is 0 Å². The summed E-state index contributed by atoms with van der Waals surface area (Å²) in [6.07, 6.45) is -2.43. The molecular formula is C28H27F3N2O4S. The Hall–Kier alpha value is -3.37. The molecule has 1 fully saturated rings. The summed E-state index contributed by atoms with van der Waals surface area (Å²) in [4.78, 5) is 27.8. The molecule has 0 bridgehead atoms. The Morgan fingerprint density at radius 3 is 2.61 bits per heavy atom. The fourth-order valence-corrected chi connectivity index (χ4v) is 6.07. The summed E-state index contributed by atoms with van der Waals surface area (Å²) >= 11 is 0.684. The number of carboxylic acid groups (broad SMARTS) is 1. The molecule has 2 aliphatic rings. The van der Waals surface area contributed by atoms with Gasteiger partial charge < -0.3 is 14.7 Å². The Balaban J connectivity index is 1.24. The molecule has 1 saturated heterocycles. The number of halogens is 3. The van der Waals surface area contributed by atoms with Crippen LogP contribution in [0.25, 0.3) is 11.1 Å². The Kier molecular flexibility index (Phi) is 7.45. The molecule has 1 N–H and O–H groups in total. The van der Waals surface area contributed by atoms with Gasteiger partial charge in [0, 0.05) is 29.2 Å². The van der Waals surface area contributed by atoms with Crippen molar-refractivity contribution < 1.29 is 32.6 Å². The van der Waals surface area contributed by atoms with Crippen LogP contribution in [0.2, 0.25) is 0 Å². The fourth-order valence-electron chi connectivity index (χ4n) is 5.11. The van der Waals surface area contributed by atoms with Gasteiger partial charge >= 0.3 is 12.1 Å². The Labute approximate surface area is 222 Å². The van der Waals surface area contributed by atoms with E-state index in [-0.39, 0.29) is 24.6 Å². The molecule has 38 heavy (non-hydrogen) atoms. The van der Waals surface area contributed by atoms with Gasteiger partial charge in [0.2, 0.25) is 5.91 Å². The summed E-state index contributed by atoms with van der Waals surface area (Å²) in [6, 6.07) is 15.4. The smallest absolute Gasteiger partial charge is 0.426 e. The van der Waals surface area contributed by atoms with Gasteiger partial charge in [0.1, 0.15) is 17.2 Å². The maximum atomic E-state index is 13.7. The Bertz CT molecular complexity index is 1330. The van der Waals surface area contributed by atoms with E-state index in [9.17, 15) is 27.9 Å². The summed E-state index contributed by atoms with van der Waals surface area (Å²) in [7, 11) is 0. The number of thiophene rings is 1. The predicted molar refractivity (Wildman–Crippen MR) is 138 cm³/mol. The zero-order chi connectivity index (χ0) is 26.9. The lowest BCUT2D eigenvalue weighted by Crippen LogP contribution is -2.45. The summed E-state index contributed by atoms with van der Waals surface area (Å²) in [6.45, 7) is 1.77. The first-order valence-electron chi connectivity index (χ1n) is 12.5. The van der Waals surface area contributed by atoms with E-state index in [1.165, 1.54) is 6.07 Å². The van der Waals surface area contributed by atoms with Crippen LogP contribution in [0.1, 0.15) is 28.2 Å². The van der Waals surface area contributed by atoms with Gasteiger partial charge in [-0.25, -0.2) is 0 Å². The van der Waals surface area contributed by atoms with Crippen molar-refractivity contribution in [1.29, 1.82) is 0 Å². The summed E-state index contributed by atoms with van der Waals surface area (Å²) in [5.41, 5.74) is 2.38. The number of carbonyl (C=O) groups excluding carboxylic acids is 1. The molecule has 200 valence electrons. The first kappa shape index (κ1) is 26.2. The second kappa shape index (κ2) is 10.8. The van der Waals surface area contributed by atoms with Crippen molar-refractivity contribution in [3.63, 3.8) is 0 Å². The van der Waals surface area contributed by atoms with Crippen molar-refractivity contribution in [1.82, 2.24) is 4.90 Å². The monoisotopic (exact) mass is 544 g/mol. The number of fused-ring (bicyclic) bond motifs is 1. The molecule has 2 aromatic carbocycles. The van der Waals surface area contributed by atoms with E-state index in [2.05, 4.69) is 0 Å². The van der Waals surface area contributed by atoms with Gasteiger partial charge in [-0.3, -0.25) is 14.5 Å². The molecule has 0 radical (unpaired) electrons. The number of nitrogens with zero attached hydrogens (tertiary/aromatic N) is 2. The van der Waals surface area contributed by atoms with Crippen LogP contribution in [0.15, 0.2) is 54.6 Å². The molecule has 1 amide bonds. The van der Waals surface area contributed by atoms with Crippen LogP contribution in [-0.4, -0.2) is 48.1 Å². The van der Waals surface area contributed by atoms with E-state index in [4.69, 9.17) is 4.74 Å². The average Bonchev–Trinajstić information content (AvgIpc) is 3.53. The third-order valence-corrected chi connectivity index (χ3v) is 8.12. The number of hydrogen-bond acceptors (Lipinski definition) is 5. The molecule has 3 heterocycles. The van der Waals surface area contributed by atoms with Gasteiger partial charge in [-0.15, -0.1) is 11.3 Å². The van der Waals surface area contributed by atoms with Crippen molar-refractivity contribution in [2.75, 3.05) is 31.1 Å². The van der Waals surface area contributed by atoms with Crippen molar-refractivity contribution in [2.45, 2.75) is 32.0 Å². The van der Waals surface area contributed by atoms with Crippen LogP contribution in [0.5, 0.6) is 5.75 Å². The van der Waals surface area contributed by atoms with E-state index < -0.39 is 22.9 Å². The minimum atomic E-state index is -4.46. The Morgan fingerprint density at radius 1 is 1.08 bits per heavy atom. The number of rotatable bonds is 7. The second-order valence-electron chi connectivity index (χ2n) is 9.61. The lowest BCUT2D eigenvalue weighted by molar-refractivity contribution is -0.144. The standard InChI is InChI=1S/C28H27F3N2O4S/c29-28(30,31)26-23(18-5-2-1-3-6-18)14-22(38-26)17-37-21-8-9-24-19(13-21)10-12-33(24)25(34)16-32-11-4-7-20(15-32)27(35)36/h1-3,5-6,8-9,13-14,20H,4,7,10-12,15-17H2,(H,35,36)/t20-/m1/s1. The van der Waals surface area contributed by atoms with E-state index in [0.29, 0.717) is 60.0 Å². The van der Waals surface area contributed by atoms with Crippen molar-refractivity contribution >= 4 is 28.9 Å². The van der Waals surface area contributed by atoms with Crippen LogP contribution in [0, 0.1) is 5.92 Å². The first-order chi connectivity index (χ1) is 18.2. The minimum absolute atomic E-state index is 0.00170. The van der Waals surface area contributed by atoms with Crippen molar-refractivity contribution in [2.24, 2.45) is 5.92 Å². The molecule has 0 saturated carbocycles. The highest BCUT2D eigenvalue weighted by Crippen LogP contribution is 2.43. The summed E-state index contributed by atoms with van der Waals surface area (Å²) in [5, 5.41) is 9.29. The molecule has 0 aliphatic carbocycles. The maximum absolute atomic E-state index is 13.7. The normalized spacial score (nSPS) is 17.9.